The minimum absolute atomic E-state index is 0.197. The van der Waals surface area contributed by atoms with Crippen molar-refractivity contribution in [2.75, 3.05) is 13.2 Å². The number of aromatic carboxylic acids is 1. The van der Waals surface area contributed by atoms with Gasteiger partial charge >= 0.3 is 5.97 Å². The zero-order valence-corrected chi connectivity index (χ0v) is 7.93. The number of hydrogen-bond donors (Lipinski definition) is 1. The average molecular weight is 196 g/mol. The molecule has 0 radical (unpaired) electrons. The molecule has 0 saturated carbocycles. The molecule has 1 fully saturated rings. The Kier molecular flexibility index (Phi) is 2.25. The molecular weight excluding hydrogens is 184 g/mol. The van der Waals surface area contributed by atoms with Crippen LogP contribution in [-0.2, 0) is 4.74 Å². The first kappa shape index (κ1) is 9.21. The van der Waals surface area contributed by atoms with E-state index in [0.717, 1.165) is 13.0 Å². The number of carboxylic acid groups (broad SMARTS) is 1. The van der Waals surface area contributed by atoms with Crippen LogP contribution in [-0.4, -0.2) is 34.1 Å². The highest BCUT2D eigenvalue weighted by molar-refractivity contribution is 5.88. The van der Waals surface area contributed by atoms with Crippen LogP contribution in [0.3, 0.4) is 0 Å². The van der Waals surface area contributed by atoms with Crippen molar-refractivity contribution in [3.8, 4) is 0 Å². The Morgan fingerprint density at radius 2 is 2.57 bits per heavy atom. The second-order valence-corrected chi connectivity index (χ2v) is 3.41. The van der Waals surface area contributed by atoms with Gasteiger partial charge in [0.15, 0.2) is 0 Å². The highest BCUT2D eigenvalue weighted by Gasteiger charge is 2.22. The van der Waals surface area contributed by atoms with Gasteiger partial charge < -0.3 is 9.84 Å². The molecule has 5 nitrogen and oxygen atoms in total. The molecule has 1 saturated heterocycles. The quantitative estimate of drug-likeness (QED) is 0.761. The molecule has 2 rings (SSSR count). The lowest BCUT2D eigenvalue weighted by molar-refractivity contribution is 0.0696. The predicted octanol–water partition coefficient (Wildman–Crippen LogP) is 0.851. The lowest BCUT2D eigenvalue weighted by Crippen LogP contribution is -2.12. The van der Waals surface area contributed by atoms with Crippen LogP contribution >= 0.6 is 0 Å². The maximum atomic E-state index is 10.8. The fourth-order valence-electron chi connectivity index (χ4n) is 1.72. The highest BCUT2D eigenvalue weighted by atomic mass is 16.5. The molecule has 0 bridgehead atoms. The van der Waals surface area contributed by atoms with E-state index < -0.39 is 5.97 Å². The van der Waals surface area contributed by atoms with Crippen LogP contribution in [0, 0.1) is 6.92 Å². The summed E-state index contributed by atoms with van der Waals surface area (Å²) >= 11 is 0. The highest BCUT2D eigenvalue weighted by Crippen LogP contribution is 2.21. The van der Waals surface area contributed by atoms with Gasteiger partial charge in [-0.1, -0.05) is 0 Å². The smallest absolute Gasteiger partial charge is 0.339 e. The van der Waals surface area contributed by atoms with Gasteiger partial charge in [-0.2, -0.15) is 5.10 Å². The lowest BCUT2D eigenvalue weighted by atomic mass is 10.2. The van der Waals surface area contributed by atoms with E-state index in [1.54, 1.807) is 11.6 Å². The van der Waals surface area contributed by atoms with Crippen molar-refractivity contribution < 1.29 is 14.6 Å². The van der Waals surface area contributed by atoms with Gasteiger partial charge in [0.05, 0.1) is 24.5 Å². The number of aromatic nitrogens is 2. The number of rotatable bonds is 2. The first-order valence-corrected chi connectivity index (χ1v) is 4.55. The van der Waals surface area contributed by atoms with Crippen molar-refractivity contribution in [3.05, 3.63) is 17.5 Å². The van der Waals surface area contributed by atoms with Gasteiger partial charge in [-0.3, -0.25) is 4.68 Å². The van der Waals surface area contributed by atoms with Crippen LogP contribution in [0.5, 0.6) is 0 Å². The molecule has 14 heavy (non-hydrogen) atoms. The molecule has 1 aliphatic rings. The van der Waals surface area contributed by atoms with Crippen LogP contribution in [0.2, 0.25) is 0 Å². The van der Waals surface area contributed by atoms with Crippen LogP contribution in [0.1, 0.15) is 28.5 Å². The summed E-state index contributed by atoms with van der Waals surface area (Å²) in [6, 6.07) is 0.197. The Morgan fingerprint density at radius 3 is 3.07 bits per heavy atom. The number of carboxylic acids is 1. The molecular formula is C9H12N2O3. The van der Waals surface area contributed by atoms with Gasteiger partial charge in [-0.05, 0) is 13.3 Å². The summed E-state index contributed by atoms with van der Waals surface area (Å²) in [6.45, 7) is 3.13. The van der Waals surface area contributed by atoms with E-state index in [-0.39, 0.29) is 11.6 Å². The topological polar surface area (TPSA) is 64.3 Å². The van der Waals surface area contributed by atoms with Crippen molar-refractivity contribution >= 4 is 5.97 Å². The maximum absolute atomic E-state index is 10.8. The van der Waals surface area contributed by atoms with Crippen LogP contribution in [0.25, 0.3) is 0 Å². The van der Waals surface area contributed by atoms with Crippen LogP contribution < -0.4 is 0 Å². The number of carbonyl (C=O) groups is 1. The number of hydrogen-bond acceptors (Lipinski definition) is 3. The summed E-state index contributed by atoms with van der Waals surface area (Å²) in [4.78, 5) is 10.8. The molecule has 1 atom stereocenters. The number of nitrogens with zero attached hydrogens (tertiary/aromatic N) is 2. The Balaban J connectivity index is 2.30. The molecule has 0 aromatic carbocycles. The monoisotopic (exact) mass is 196 g/mol. The largest absolute Gasteiger partial charge is 0.478 e. The first-order valence-electron chi connectivity index (χ1n) is 4.55. The summed E-state index contributed by atoms with van der Waals surface area (Å²) < 4.78 is 6.97. The minimum atomic E-state index is -0.923. The summed E-state index contributed by atoms with van der Waals surface area (Å²) in [5.74, 6) is -0.923. The lowest BCUT2D eigenvalue weighted by Gasteiger charge is -2.10. The molecule has 2 heterocycles. The Labute approximate surface area is 81.3 Å². The molecule has 5 heteroatoms. The maximum Gasteiger partial charge on any atom is 0.339 e. The fourth-order valence-corrected chi connectivity index (χ4v) is 1.72. The molecule has 0 aliphatic carbocycles. The summed E-state index contributed by atoms with van der Waals surface area (Å²) in [7, 11) is 0. The fraction of sp³-hybridized carbons (Fsp3) is 0.556. The van der Waals surface area contributed by atoms with Gasteiger partial charge in [0, 0.05) is 6.61 Å². The Morgan fingerprint density at radius 1 is 1.79 bits per heavy atom. The van der Waals surface area contributed by atoms with Crippen LogP contribution in [0.4, 0.5) is 0 Å². The van der Waals surface area contributed by atoms with Gasteiger partial charge in [0.2, 0.25) is 0 Å². The average Bonchev–Trinajstić information content (AvgIpc) is 2.71. The van der Waals surface area contributed by atoms with E-state index in [4.69, 9.17) is 9.84 Å². The minimum Gasteiger partial charge on any atom is -0.478 e. The van der Waals surface area contributed by atoms with Crippen molar-refractivity contribution in [1.82, 2.24) is 9.78 Å². The predicted molar refractivity (Wildman–Crippen MR) is 48.4 cm³/mol. The second kappa shape index (κ2) is 3.42. The van der Waals surface area contributed by atoms with Crippen molar-refractivity contribution in [1.29, 1.82) is 0 Å². The van der Waals surface area contributed by atoms with E-state index in [9.17, 15) is 4.79 Å². The zero-order valence-electron chi connectivity index (χ0n) is 7.93. The standard InChI is InChI=1S/C9H12N2O3/c1-6-8(9(12)13)4-10-11(6)7-2-3-14-5-7/h4,7H,2-3,5H2,1H3,(H,12,13). The molecule has 0 amide bonds. The van der Waals surface area contributed by atoms with E-state index in [0.29, 0.717) is 12.3 Å². The van der Waals surface area contributed by atoms with Crippen molar-refractivity contribution in [2.45, 2.75) is 19.4 Å². The zero-order chi connectivity index (χ0) is 10.1. The third-order valence-corrected chi connectivity index (χ3v) is 2.53. The molecule has 1 aromatic rings. The Hall–Kier alpha value is -1.36. The van der Waals surface area contributed by atoms with Crippen molar-refractivity contribution in [3.63, 3.8) is 0 Å². The van der Waals surface area contributed by atoms with Gasteiger partial charge in [-0.25, -0.2) is 4.79 Å². The molecule has 1 aromatic heterocycles. The van der Waals surface area contributed by atoms with Crippen LogP contribution in [0.15, 0.2) is 6.20 Å². The third kappa shape index (κ3) is 1.39. The SMILES string of the molecule is Cc1c(C(=O)O)cnn1C1CCOC1. The first-order chi connectivity index (χ1) is 6.70. The molecule has 1 unspecified atom stereocenters. The van der Waals surface area contributed by atoms with Gasteiger partial charge in [0.25, 0.3) is 0 Å². The van der Waals surface area contributed by atoms with E-state index in [2.05, 4.69) is 5.10 Å². The normalized spacial score (nSPS) is 21.4. The van der Waals surface area contributed by atoms with E-state index >= 15 is 0 Å². The summed E-state index contributed by atoms with van der Waals surface area (Å²) in [5, 5.41) is 12.9. The third-order valence-electron chi connectivity index (χ3n) is 2.53. The number of ether oxygens (including phenoxy) is 1. The second-order valence-electron chi connectivity index (χ2n) is 3.41. The molecule has 0 spiro atoms. The summed E-state index contributed by atoms with van der Waals surface area (Å²) in [5.41, 5.74) is 0.977. The van der Waals surface area contributed by atoms with Crippen molar-refractivity contribution in [2.24, 2.45) is 0 Å². The molecule has 76 valence electrons. The summed E-state index contributed by atoms with van der Waals surface area (Å²) in [6.07, 6.45) is 2.30. The van der Waals surface area contributed by atoms with E-state index in [1.165, 1.54) is 6.20 Å². The molecule has 1 N–H and O–H groups in total. The Bertz CT molecular complexity index is 353. The van der Waals surface area contributed by atoms with Gasteiger partial charge in [-0.15, -0.1) is 0 Å². The van der Waals surface area contributed by atoms with E-state index in [1.807, 2.05) is 0 Å². The molecule has 1 aliphatic heterocycles. The van der Waals surface area contributed by atoms with Gasteiger partial charge in [0.1, 0.15) is 5.56 Å².